The Morgan fingerprint density at radius 1 is 1.30 bits per heavy atom. The van der Waals surface area contributed by atoms with E-state index in [1.807, 2.05) is 6.92 Å². The molecule has 1 saturated carbocycles. The zero-order valence-corrected chi connectivity index (χ0v) is 22.3. The van der Waals surface area contributed by atoms with Gasteiger partial charge in [-0.1, -0.05) is 6.92 Å². The molecule has 0 spiro atoms. The Bertz CT molecular complexity index is 1320. The molecule has 1 saturated heterocycles. The van der Waals surface area contributed by atoms with Crippen molar-refractivity contribution in [2.75, 3.05) is 39.2 Å². The highest BCUT2D eigenvalue weighted by atomic mass is 32.2. The third kappa shape index (κ3) is 6.16. The molecule has 1 aliphatic carbocycles. The first-order valence-electron chi connectivity index (χ1n) is 12.0. The van der Waals surface area contributed by atoms with Gasteiger partial charge in [0.05, 0.1) is 34.7 Å². The molecule has 0 radical (unpaired) electrons. The average Bonchev–Trinajstić information content (AvgIpc) is 3.55. The largest absolute Gasteiger partial charge is 0.396 e. The van der Waals surface area contributed by atoms with Gasteiger partial charge in [0, 0.05) is 44.5 Å². The van der Waals surface area contributed by atoms with Crippen LogP contribution in [0.3, 0.4) is 0 Å². The van der Waals surface area contributed by atoms with Crippen LogP contribution in [-0.4, -0.2) is 86.2 Å². The second kappa shape index (κ2) is 10.7. The van der Waals surface area contributed by atoms with Crippen molar-refractivity contribution in [2.24, 2.45) is 5.41 Å². The van der Waals surface area contributed by atoms with E-state index in [-0.39, 0.29) is 67.2 Å². The van der Waals surface area contributed by atoms with Crippen molar-refractivity contribution < 1.29 is 37.0 Å². The number of nitrogens with zero attached hydrogens (tertiary/aromatic N) is 2. The summed E-state index contributed by atoms with van der Waals surface area (Å²) in [5, 5.41) is 10.5. The molecule has 1 aromatic carbocycles. The molecule has 1 unspecified atom stereocenters. The van der Waals surface area contributed by atoms with Crippen LogP contribution in [0.4, 0.5) is 4.39 Å². The van der Waals surface area contributed by atoms with Crippen molar-refractivity contribution in [3.8, 4) is 0 Å². The number of carbonyl (C=O) groups is 3. The number of sulfone groups is 1. The first-order valence-corrected chi connectivity index (χ1v) is 14.5. The minimum absolute atomic E-state index is 0.0421. The number of ether oxygens (including phenoxy) is 1. The number of carbonyl (C=O) groups excluding carboxylic acids is 3. The molecule has 2 aromatic rings. The fourth-order valence-corrected chi connectivity index (χ4v) is 7.31. The lowest BCUT2D eigenvalue weighted by atomic mass is 9.82. The van der Waals surface area contributed by atoms with E-state index in [4.69, 9.17) is 4.74 Å². The van der Waals surface area contributed by atoms with E-state index in [2.05, 4.69) is 10.3 Å². The van der Waals surface area contributed by atoms with E-state index in [1.165, 1.54) is 18.1 Å². The summed E-state index contributed by atoms with van der Waals surface area (Å²) in [5.74, 6) is -2.77. The highest BCUT2D eigenvalue weighted by Gasteiger charge is 2.42. The number of benzene rings is 1. The number of nitrogens with one attached hydrogen (secondary N) is 1. The number of rotatable bonds is 12. The lowest BCUT2D eigenvalue weighted by Crippen LogP contribution is -2.58. The van der Waals surface area contributed by atoms with Gasteiger partial charge in [-0.2, -0.15) is 0 Å². The molecule has 10 nitrogen and oxygen atoms in total. The number of halogens is 1. The quantitative estimate of drug-likeness (QED) is 0.402. The summed E-state index contributed by atoms with van der Waals surface area (Å²) in [7, 11) is -2.71. The molecule has 2 fully saturated rings. The Labute approximate surface area is 218 Å². The van der Waals surface area contributed by atoms with Crippen LogP contribution in [0.25, 0.3) is 10.2 Å². The molecule has 1 aliphatic heterocycles. The Balaban J connectivity index is 1.60. The van der Waals surface area contributed by atoms with Crippen LogP contribution in [-0.2, 0) is 24.2 Å². The summed E-state index contributed by atoms with van der Waals surface area (Å²) in [4.78, 5) is 43.8. The summed E-state index contributed by atoms with van der Waals surface area (Å²) in [6.45, 7) is 2.16. The van der Waals surface area contributed by atoms with Crippen molar-refractivity contribution in [1.82, 2.24) is 15.2 Å². The number of hydrogen-bond acceptors (Lipinski definition) is 9. The molecular weight excluding hydrogens is 525 g/mol. The summed E-state index contributed by atoms with van der Waals surface area (Å²) < 4.78 is 46.3. The molecule has 13 heteroatoms. The number of aliphatic hydroxyl groups is 1. The average molecular weight is 556 g/mol. The fourth-order valence-electron chi connectivity index (χ4n) is 4.24. The maximum atomic E-state index is 14.9. The van der Waals surface area contributed by atoms with E-state index < -0.39 is 43.8 Å². The smallest absolute Gasteiger partial charge is 0.256 e. The van der Waals surface area contributed by atoms with Gasteiger partial charge in [0.15, 0.2) is 20.9 Å². The van der Waals surface area contributed by atoms with Gasteiger partial charge >= 0.3 is 0 Å². The lowest BCUT2D eigenvalue weighted by molar-refractivity contribution is -0.125. The number of thiazole rings is 1. The number of fused-ring (bicyclic) bond motifs is 1. The minimum atomic E-state index is -4.05. The zero-order valence-electron chi connectivity index (χ0n) is 20.7. The van der Waals surface area contributed by atoms with Crippen LogP contribution in [0.2, 0.25) is 0 Å². The number of likely N-dealkylation sites (tertiary alicyclic amines) is 1. The predicted molar refractivity (Wildman–Crippen MR) is 134 cm³/mol. The first-order chi connectivity index (χ1) is 17.5. The van der Waals surface area contributed by atoms with E-state index >= 15 is 0 Å². The van der Waals surface area contributed by atoms with E-state index in [0.717, 1.165) is 30.2 Å². The van der Waals surface area contributed by atoms with Gasteiger partial charge in [-0.25, -0.2) is 17.8 Å². The van der Waals surface area contributed by atoms with Gasteiger partial charge in [0.2, 0.25) is 5.91 Å². The number of ketones is 1. The Morgan fingerprint density at radius 2 is 2.00 bits per heavy atom. The number of Topliss-reactive ketones (excluding diaryl/α,β-unsaturated/α-hetero) is 1. The summed E-state index contributed by atoms with van der Waals surface area (Å²) in [5.41, 5.74) is -0.448. The molecule has 202 valence electrons. The Kier molecular flexibility index (Phi) is 7.98. The van der Waals surface area contributed by atoms with E-state index in [9.17, 15) is 32.3 Å². The van der Waals surface area contributed by atoms with Gasteiger partial charge in [-0.15, -0.1) is 11.3 Å². The number of aromatic nitrogens is 1. The molecule has 0 bridgehead atoms. The van der Waals surface area contributed by atoms with Gasteiger partial charge in [0.25, 0.3) is 5.91 Å². The van der Waals surface area contributed by atoms with E-state index in [1.54, 1.807) is 0 Å². The van der Waals surface area contributed by atoms with Gasteiger partial charge in [-0.05, 0) is 25.0 Å². The van der Waals surface area contributed by atoms with Crippen molar-refractivity contribution in [3.63, 3.8) is 0 Å². The monoisotopic (exact) mass is 555 g/mol. The highest BCUT2D eigenvalue weighted by Crippen LogP contribution is 2.36. The SMILES string of the molecule is COCCS(=O)(=O)C(C(=O)CCC(=O)NC1CC1)c1nc2cc(C(=O)N3CC(C)(CO)C3)c(F)cc2s1. The molecule has 1 atom stereocenters. The molecule has 2 N–H and O–H groups in total. The Hall–Kier alpha value is -2.48. The van der Waals surface area contributed by atoms with Crippen LogP contribution < -0.4 is 5.32 Å². The number of hydrogen-bond donors (Lipinski definition) is 2. The van der Waals surface area contributed by atoms with Gasteiger partial charge < -0.3 is 20.1 Å². The maximum Gasteiger partial charge on any atom is 0.256 e. The normalized spacial score (nSPS) is 17.9. The van der Waals surface area contributed by atoms with Crippen LogP contribution in [0.5, 0.6) is 0 Å². The topological polar surface area (TPSA) is 143 Å². The summed E-state index contributed by atoms with van der Waals surface area (Å²) in [6.07, 6.45) is 1.34. The highest BCUT2D eigenvalue weighted by molar-refractivity contribution is 7.92. The fraction of sp³-hybridized carbons (Fsp3) is 0.583. The predicted octanol–water partition coefficient (Wildman–Crippen LogP) is 1.62. The zero-order chi connectivity index (χ0) is 27.0. The van der Waals surface area contributed by atoms with Crippen molar-refractivity contribution in [1.29, 1.82) is 0 Å². The second-order valence-corrected chi connectivity index (χ2v) is 13.3. The number of aliphatic hydroxyl groups excluding tert-OH is 1. The molecule has 2 amide bonds. The number of methoxy groups -OCH3 is 1. The third-order valence-corrected chi connectivity index (χ3v) is 9.70. The van der Waals surface area contributed by atoms with Gasteiger partial charge in [-0.3, -0.25) is 14.4 Å². The second-order valence-electron chi connectivity index (χ2n) is 10.0. The molecule has 1 aromatic heterocycles. The van der Waals surface area contributed by atoms with Crippen LogP contribution in [0, 0.1) is 11.2 Å². The van der Waals surface area contributed by atoms with Crippen LogP contribution >= 0.6 is 11.3 Å². The standard InChI is InChI=1S/C24H30FN3O7S2/c1-24(13-29)11-28(12-24)23(32)15-9-17-19(10-16(15)25)36-22(27-17)21(37(33,34)8-7-35-2)18(30)5-6-20(31)26-14-3-4-14/h9-10,14,21,29H,3-8,11-13H2,1-2H3,(H,26,31). The van der Waals surface area contributed by atoms with Crippen LogP contribution in [0.15, 0.2) is 12.1 Å². The molecule has 2 heterocycles. The number of amides is 2. The minimum Gasteiger partial charge on any atom is -0.396 e. The Morgan fingerprint density at radius 3 is 2.62 bits per heavy atom. The first kappa shape index (κ1) is 27.6. The lowest BCUT2D eigenvalue weighted by Gasteiger charge is -2.47. The summed E-state index contributed by atoms with van der Waals surface area (Å²) in [6, 6.07) is 2.49. The molecular formula is C24H30FN3O7S2. The van der Waals surface area contributed by atoms with Crippen molar-refractivity contribution >= 4 is 49.0 Å². The third-order valence-electron chi connectivity index (χ3n) is 6.53. The maximum absolute atomic E-state index is 14.9. The van der Waals surface area contributed by atoms with Gasteiger partial charge in [0.1, 0.15) is 10.8 Å². The molecule has 37 heavy (non-hydrogen) atoms. The summed E-state index contributed by atoms with van der Waals surface area (Å²) >= 11 is 0.865. The van der Waals surface area contributed by atoms with Crippen molar-refractivity contribution in [3.05, 3.63) is 28.5 Å². The molecule has 2 aliphatic rings. The van der Waals surface area contributed by atoms with Crippen LogP contribution in [0.1, 0.15) is 53.2 Å². The molecule has 4 rings (SSSR count). The van der Waals surface area contributed by atoms with E-state index in [0.29, 0.717) is 4.70 Å². The van der Waals surface area contributed by atoms with Crippen molar-refractivity contribution in [2.45, 2.75) is 43.9 Å².